The highest BCUT2D eigenvalue weighted by molar-refractivity contribution is 5.91. The molecule has 2 amide bonds. The lowest BCUT2D eigenvalue weighted by molar-refractivity contribution is -0.138. The highest BCUT2D eigenvalue weighted by Crippen LogP contribution is 2.05. The highest BCUT2D eigenvalue weighted by Gasteiger charge is 2.27. The van der Waals surface area contributed by atoms with Crippen LogP contribution >= 0.6 is 0 Å². The van der Waals surface area contributed by atoms with E-state index < -0.39 is 30.5 Å². The lowest BCUT2D eigenvalue weighted by atomic mass is 10.0. The minimum absolute atomic E-state index is 0.00727. The number of hydrogen-bond acceptors (Lipinski definition) is 6. The van der Waals surface area contributed by atoms with Gasteiger partial charge < -0.3 is 38.3 Å². The summed E-state index contributed by atoms with van der Waals surface area (Å²) >= 11 is 0. The molecule has 0 saturated carbocycles. The van der Waals surface area contributed by atoms with Gasteiger partial charge in [-0.3, -0.25) is 19.4 Å². The van der Waals surface area contributed by atoms with Crippen molar-refractivity contribution in [2.45, 2.75) is 45.2 Å². The van der Waals surface area contributed by atoms with Gasteiger partial charge in [0.15, 0.2) is 5.96 Å². The predicted molar refractivity (Wildman–Crippen MR) is 103 cm³/mol. The van der Waals surface area contributed by atoms with Crippen molar-refractivity contribution in [1.82, 2.24) is 16.0 Å². The van der Waals surface area contributed by atoms with Gasteiger partial charge in [-0.2, -0.15) is 0 Å². The van der Waals surface area contributed by atoms with Crippen molar-refractivity contribution in [2.24, 2.45) is 28.1 Å². The molecular formula is C16H33N7O4. The van der Waals surface area contributed by atoms with Crippen LogP contribution in [0.2, 0.25) is 0 Å². The number of carbonyl (C=O) groups excluding carboxylic acids is 2. The zero-order valence-electron chi connectivity index (χ0n) is 16.0. The summed E-state index contributed by atoms with van der Waals surface area (Å²) in [5, 5.41) is 16.8. The smallest absolute Gasteiger partial charge is 0.322 e. The first-order valence-electron chi connectivity index (χ1n) is 8.97. The molecule has 0 aliphatic rings. The minimum atomic E-state index is -1.17. The molecule has 0 aliphatic heterocycles. The Morgan fingerprint density at radius 3 is 2.30 bits per heavy atom. The third-order valence-corrected chi connectivity index (χ3v) is 3.69. The van der Waals surface area contributed by atoms with Gasteiger partial charge in [0, 0.05) is 6.54 Å². The Kier molecular flexibility index (Phi) is 12.5. The van der Waals surface area contributed by atoms with E-state index in [0.717, 1.165) is 6.42 Å². The van der Waals surface area contributed by atoms with Gasteiger partial charge in [0.2, 0.25) is 11.8 Å². The maximum Gasteiger partial charge on any atom is 0.322 e. The fourth-order valence-electron chi connectivity index (χ4n) is 2.31. The van der Waals surface area contributed by atoms with Crippen LogP contribution in [0.4, 0.5) is 0 Å². The second kappa shape index (κ2) is 13.8. The molecule has 0 rings (SSSR count). The molecule has 2 atom stereocenters. The van der Waals surface area contributed by atoms with Crippen LogP contribution in [0.15, 0.2) is 4.99 Å². The molecule has 0 aromatic carbocycles. The summed E-state index contributed by atoms with van der Waals surface area (Å²) in [6.07, 6.45) is 1.43. The van der Waals surface area contributed by atoms with Gasteiger partial charge >= 0.3 is 5.97 Å². The number of aliphatic imine (C=N–C) groups is 1. The first-order chi connectivity index (χ1) is 12.7. The SMILES string of the molecule is CC(C)[C@H](NCCCN)C(=O)N[C@@H](CCCN=C(N)N)C(=O)NCC(=O)O. The molecule has 0 radical (unpaired) electrons. The van der Waals surface area contributed by atoms with E-state index in [9.17, 15) is 14.4 Å². The largest absolute Gasteiger partial charge is 0.480 e. The summed E-state index contributed by atoms with van der Waals surface area (Å²) in [4.78, 5) is 39.3. The Bertz CT molecular complexity index is 507. The number of nitrogens with two attached hydrogens (primary N) is 3. The van der Waals surface area contributed by atoms with Crippen LogP contribution in [0, 0.1) is 5.92 Å². The van der Waals surface area contributed by atoms with Crippen LogP contribution in [0.3, 0.4) is 0 Å². The van der Waals surface area contributed by atoms with Crippen LogP contribution in [0.25, 0.3) is 0 Å². The number of nitrogens with one attached hydrogen (secondary N) is 3. The van der Waals surface area contributed by atoms with Crippen molar-refractivity contribution in [1.29, 1.82) is 0 Å². The Morgan fingerprint density at radius 2 is 1.78 bits per heavy atom. The number of amides is 2. The third-order valence-electron chi connectivity index (χ3n) is 3.69. The van der Waals surface area contributed by atoms with Gasteiger partial charge in [0.05, 0.1) is 6.04 Å². The summed E-state index contributed by atoms with van der Waals surface area (Å²) < 4.78 is 0. The lowest BCUT2D eigenvalue weighted by Gasteiger charge is -2.25. The molecule has 27 heavy (non-hydrogen) atoms. The van der Waals surface area contributed by atoms with Crippen molar-refractivity contribution in [3.05, 3.63) is 0 Å². The zero-order chi connectivity index (χ0) is 20.8. The molecule has 0 bridgehead atoms. The fourth-order valence-corrected chi connectivity index (χ4v) is 2.31. The predicted octanol–water partition coefficient (Wildman–Crippen LogP) is -2.31. The van der Waals surface area contributed by atoms with Gasteiger partial charge in [-0.05, 0) is 38.3 Å². The molecule has 11 nitrogen and oxygen atoms in total. The second-order valence-corrected chi connectivity index (χ2v) is 6.44. The van der Waals surface area contributed by atoms with Crippen molar-refractivity contribution in [3.8, 4) is 0 Å². The van der Waals surface area contributed by atoms with Crippen LogP contribution in [0.5, 0.6) is 0 Å². The molecule has 0 fully saturated rings. The molecule has 0 heterocycles. The van der Waals surface area contributed by atoms with Crippen LogP contribution in [-0.2, 0) is 14.4 Å². The average molecular weight is 387 g/mol. The molecule has 0 saturated heterocycles. The number of carboxylic acids is 1. The minimum Gasteiger partial charge on any atom is -0.480 e. The van der Waals surface area contributed by atoms with Crippen molar-refractivity contribution < 1.29 is 19.5 Å². The molecule has 0 aliphatic carbocycles. The normalized spacial score (nSPS) is 12.9. The summed E-state index contributed by atoms with van der Waals surface area (Å²) in [5.41, 5.74) is 16.0. The van der Waals surface area contributed by atoms with E-state index in [1.807, 2.05) is 13.8 Å². The van der Waals surface area contributed by atoms with Crippen LogP contribution in [0.1, 0.15) is 33.1 Å². The molecule has 10 N–H and O–H groups in total. The monoisotopic (exact) mass is 387 g/mol. The number of rotatable bonds is 14. The number of guanidine groups is 1. The molecule has 11 heteroatoms. The fraction of sp³-hybridized carbons (Fsp3) is 0.750. The van der Waals surface area contributed by atoms with Gasteiger partial charge in [-0.25, -0.2) is 0 Å². The molecule has 156 valence electrons. The number of nitrogens with zero attached hydrogens (tertiary/aromatic N) is 1. The lowest BCUT2D eigenvalue weighted by Crippen LogP contribution is -2.55. The van der Waals surface area contributed by atoms with Crippen molar-refractivity contribution in [2.75, 3.05) is 26.2 Å². The third kappa shape index (κ3) is 11.8. The topological polar surface area (TPSA) is 198 Å². The first-order valence-corrected chi connectivity index (χ1v) is 8.97. The number of carboxylic acid groups (broad SMARTS) is 1. The molecule has 0 aromatic heterocycles. The summed E-state index contributed by atoms with van der Waals surface area (Å²) in [5.74, 6) is -2.14. The number of aliphatic carboxylic acids is 1. The van der Waals surface area contributed by atoms with Gasteiger partial charge in [0.1, 0.15) is 12.6 Å². The van der Waals surface area contributed by atoms with Crippen LogP contribution < -0.4 is 33.2 Å². The van der Waals surface area contributed by atoms with E-state index in [1.54, 1.807) is 0 Å². The Balaban J connectivity index is 4.93. The standard InChI is InChI=1S/C16H33N7O4/c1-10(2)13(20-8-4-6-17)15(27)23-11(5-3-7-21-16(18)19)14(26)22-9-12(24)25/h10-11,13,20H,3-9,17H2,1-2H3,(H,22,26)(H,23,27)(H,24,25)(H4,18,19,21)/t11-,13-/m0/s1. The maximum absolute atomic E-state index is 12.6. The van der Waals surface area contributed by atoms with E-state index in [2.05, 4.69) is 20.9 Å². The quantitative estimate of drug-likeness (QED) is 0.0979. The van der Waals surface area contributed by atoms with E-state index in [1.165, 1.54) is 0 Å². The second-order valence-electron chi connectivity index (χ2n) is 6.44. The Labute approximate surface area is 159 Å². The van der Waals surface area contributed by atoms with Crippen LogP contribution in [-0.4, -0.2) is 67.1 Å². The summed E-state index contributed by atoms with van der Waals surface area (Å²) in [7, 11) is 0. The maximum atomic E-state index is 12.6. The van der Waals surface area contributed by atoms with E-state index in [-0.39, 0.29) is 24.2 Å². The molecule has 0 unspecified atom stereocenters. The molecule has 0 spiro atoms. The zero-order valence-corrected chi connectivity index (χ0v) is 16.0. The first kappa shape index (κ1) is 24.6. The highest BCUT2D eigenvalue weighted by atomic mass is 16.4. The van der Waals surface area contributed by atoms with E-state index in [0.29, 0.717) is 26.1 Å². The molecular weight excluding hydrogens is 354 g/mol. The van der Waals surface area contributed by atoms with Gasteiger partial charge in [0.25, 0.3) is 0 Å². The van der Waals surface area contributed by atoms with Gasteiger partial charge in [-0.1, -0.05) is 13.8 Å². The Morgan fingerprint density at radius 1 is 1.11 bits per heavy atom. The summed E-state index contributed by atoms with van der Waals surface area (Å²) in [6, 6.07) is -1.38. The average Bonchev–Trinajstić information content (AvgIpc) is 2.58. The van der Waals surface area contributed by atoms with E-state index >= 15 is 0 Å². The van der Waals surface area contributed by atoms with Crippen molar-refractivity contribution >= 4 is 23.7 Å². The summed E-state index contributed by atoms with van der Waals surface area (Å²) in [6.45, 7) is 4.62. The van der Waals surface area contributed by atoms with E-state index in [4.69, 9.17) is 22.3 Å². The Hall–Kier alpha value is -2.40. The molecule has 0 aromatic rings. The number of hydrogen-bond donors (Lipinski definition) is 7. The van der Waals surface area contributed by atoms with Gasteiger partial charge in [-0.15, -0.1) is 0 Å². The van der Waals surface area contributed by atoms with Crippen molar-refractivity contribution in [3.63, 3.8) is 0 Å². The number of carbonyl (C=O) groups is 3.